The van der Waals surface area contributed by atoms with Crippen LogP contribution in [0, 0.1) is 6.92 Å². The van der Waals surface area contributed by atoms with Crippen LogP contribution in [0.15, 0.2) is 30.7 Å². The van der Waals surface area contributed by atoms with Gasteiger partial charge in [0.1, 0.15) is 0 Å². The summed E-state index contributed by atoms with van der Waals surface area (Å²) in [4.78, 5) is 6.53. The molecule has 0 saturated heterocycles. The van der Waals surface area contributed by atoms with Crippen LogP contribution in [0.2, 0.25) is 0 Å². The molecule has 0 N–H and O–H groups in total. The maximum absolute atomic E-state index is 4.47. The molecule has 108 valence electrons. The van der Waals surface area contributed by atoms with Crippen LogP contribution in [-0.4, -0.2) is 26.7 Å². The molecule has 0 bridgehead atoms. The highest BCUT2D eigenvalue weighted by Gasteiger charge is 2.14. The van der Waals surface area contributed by atoms with Gasteiger partial charge in [-0.15, -0.1) is 0 Å². The van der Waals surface area contributed by atoms with Crippen molar-refractivity contribution in [2.75, 3.05) is 7.05 Å². The standard InChI is InChI=1S/C16H24N4/c1-5-9-20-14(3)16(11-18-20)12-19(4)13(2)15-7-6-8-17-10-15/h6-8,10-11,13H,5,9,12H2,1-4H3/t13-/m1/s1. The summed E-state index contributed by atoms with van der Waals surface area (Å²) in [7, 11) is 2.15. The second-order valence-electron chi connectivity index (χ2n) is 5.36. The average Bonchev–Trinajstić information content (AvgIpc) is 2.81. The maximum Gasteiger partial charge on any atom is 0.0537 e. The number of rotatable bonds is 6. The molecule has 0 saturated carbocycles. The van der Waals surface area contributed by atoms with E-state index in [4.69, 9.17) is 0 Å². The molecule has 2 heterocycles. The summed E-state index contributed by atoms with van der Waals surface area (Å²) in [5.74, 6) is 0. The highest BCUT2D eigenvalue weighted by Crippen LogP contribution is 2.20. The van der Waals surface area contributed by atoms with Crippen molar-refractivity contribution in [2.45, 2.75) is 46.3 Å². The molecule has 0 aromatic carbocycles. The quantitative estimate of drug-likeness (QED) is 0.810. The van der Waals surface area contributed by atoms with Crippen molar-refractivity contribution in [3.05, 3.63) is 47.5 Å². The maximum atomic E-state index is 4.47. The lowest BCUT2D eigenvalue weighted by molar-refractivity contribution is 0.252. The first-order chi connectivity index (χ1) is 9.63. The molecule has 0 amide bonds. The summed E-state index contributed by atoms with van der Waals surface area (Å²) in [6, 6.07) is 4.46. The molecular weight excluding hydrogens is 248 g/mol. The van der Waals surface area contributed by atoms with Gasteiger partial charge >= 0.3 is 0 Å². The zero-order chi connectivity index (χ0) is 14.5. The molecular formula is C16H24N4. The predicted octanol–water partition coefficient (Wildman–Crippen LogP) is 3.19. The molecule has 2 aromatic rings. The van der Waals surface area contributed by atoms with E-state index in [1.54, 1.807) is 0 Å². The van der Waals surface area contributed by atoms with Gasteiger partial charge in [-0.1, -0.05) is 13.0 Å². The number of hydrogen-bond donors (Lipinski definition) is 0. The van der Waals surface area contributed by atoms with Gasteiger partial charge in [-0.2, -0.15) is 5.10 Å². The van der Waals surface area contributed by atoms with Crippen molar-refractivity contribution in [1.82, 2.24) is 19.7 Å². The first-order valence-electron chi connectivity index (χ1n) is 7.25. The molecule has 2 aromatic heterocycles. The van der Waals surface area contributed by atoms with Gasteiger partial charge in [0.25, 0.3) is 0 Å². The minimum Gasteiger partial charge on any atom is -0.295 e. The van der Waals surface area contributed by atoms with E-state index >= 15 is 0 Å². The van der Waals surface area contributed by atoms with Gasteiger partial charge in [-0.05, 0) is 38.9 Å². The van der Waals surface area contributed by atoms with E-state index in [1.807, 2.05) is 24.7 Å². The van der Waals surface area contributed by atoms with E-state index in [0.717, 1.165) is 19.5 Å². The largest absolute Gasteiger partial charge is 0.295 e. The second kappa shape index (κ2) is 6.66. The molecule has 0 aliphatic heterocycles. The number of hydrogen-bond acceptors (Lipinski definition) is 3. The van der Waals surface area contributed by atoms with Gasteiger partial charge in [0.05, 0.1) is 6.20 Å². The number of nitrogens with zero attached hydrogens (tertiary/aromatic N) is 4. The Labute approximate surface area is 121 Å². The normalized spacial score (nSPS) is 12.8. The van der Waals surface area contributed by atoms with Crippen LogP contribution in [0.3, 0.4) is 0 Å². The molecule has 0 unspecified atom stereocenters. The number of pyridine rings is 1. The van der Waals surface area contributed by atoms with Crippen LogP contribution in [0.1, 0.15) is 43.1 Å². The molecule has 0 aliphatic carbocycles. The van der Waals surface area contributed by atoms with Crippen molar-refractivity contribution in [3.8, 4) is 0 Å². The second-order valence-corrected chi connectivity index (χ2v) is 5.36. The minimum atomic E-state index is 0.345. The molecule has 0 fully saturated rings. The fourth-order valence-electron chi connectivity index (χ4n) is 2.36. The Kier molecular flexibility index (Phi) is 4.90. The third kappa shape index (κ3) is 3.25. The van der Waals surface area contributed by atoms with Gasteiger partial charge in [0.15, 0.2) is 0 Å². The summed E-state index contributed by atoms with van der Waals surface area (Å²) in [6.45, 7) is 8.44. The first kappa shape index (κ1) is 14.7. The van der Waals surface area contributed by atoms with Crippen LogP contribution in [0.5, 0.6) is 0 Å². The third-order valence-electron chi connectivity index (χ3n) is 3.89. The number of aromatic nitrogens is 3. The van der Waals surface area contributed by atoms with Gasteiger partial charge in [-0.3, -0.25) is 14.6 Å². The van der Waals surface area contributed by atoms with Crippen molar-refractivity contribution >= 4 is 0 Å². The Morgan fingerprint density at radius 3 is 2.80 bits per heavy atom. The van der Waals surface area contributed by atoms with Gasteiger partial charge in [-0.25, -0.2) is 0 Å². The summed E-state index contributed by atoms with van der Waals surface area (Å²) < 4.78 is 2.10. The van der Waals surface area contributed by atoms with E-state index in [2.05, 4.69) is 53.5 Å². The Hall–Kier alpha value is -1.68. The van der Waals surface area contributed by atoms with Crippen LogP contribution >= 0.6 is 0 Å². The number of aryl methyl sites for hydroxylation is 1. The third-order valence-corrected chi connectivity index (χ3v) is 3.89. The zero-order valence-electron chi connectivity index (χ0n) is 12.9. The minimum absolute atomic E-state index is 0.345. The fraction of sp³-hybridized carbons (Fsp3) is 0.500. The van der Waals surface area contributed by atoms with Gasteiger partial charge < -0.3 is 0 Å². The summed E-state index contributed by atoms with van der Waals surface area (Å²) in [5, 5.41) is 4.47. The topological polar surface area (TPSA) is 34.0 Å². The van der Waals surface area contributed by atoms with E-state index in [0.29, 0.717) is 6.04 Å². The SMILES string of the molecule is CCCn1ncc(CN(C)[C@H](C)c2cccnc2)c1C. The highest BCUT2D eigenvalue weighted by molar-refractivity contribution is 5.18. The molecule has 0 radical (unpaired) electrons. The first-order valence-corrected chi connectivity index (χ1v) is 7.25. The highest BCUT2D eigenvalue weighted by atomic mass is 15.3. The van der Waals surface area contributed by atoms with Crippen LogP contribution < -0.4 is 0 Å². The van der Waals surface area contributed by atoms with Crippen molar-refractivity contribution < 1.29 is 0 Å². The Bertz CT molecular complexity index is 533. The van der Waals surface area contributed by atoms with Gasteiger partial charge in [0.2, 0.25) is 0 Å². The predicted molar refractivity (Wildman–Crippen MR) is 81.4 cm³/mol. The monoisotopic (exact) mass is 272 g/mol. The molecule has 1 atom stereocenters. The van der Waals surface area contributed by atoms with Crippen LogP contribution in [0.25, 0.3) is 0 Å². The molecule has 20 heavy (non-hydrogen) atoms. The Morgan fingerprint density at radius 1 is 1.35 bits per heavy atom. The Balaban J connectivity index is 2.06. The average molecular weight is 272 g/mol. The summed E-state index contributed by atoms with van der Waals surface area (Å²) in [5.41, 5.74) is 3.82. The molecule has 0 aliphatic rings. The summed E-state index contributed by atoms with van der Waals surface area (Å²) in [6.07, 6.45) is 6.87. The van der Waals surface area contributed by atoms with Crippen LogP contribution in [-0.2, 0) is 13.1 Å². The molecule has 4 heteroatoms. The van der Waals surface area contributed by atoms with Crippen molar-refractivity contribution in [3.63, 3.8) is 0 Å². The molecule has 2 rings (SSSR count). The van der Waals surface area contributed by atoms with E-state index < -0.39 is 0 Å². The van der Waals surface area contributed by atoms with Crippen LogP contribution in [0.4, 0.5) is 0 Å². The van der Waals surface area contributed by atoms with Gasteiger partial charge in [0, 0.05) is 42.8 Å². The van der Waals surface area contributed by atoms with E-state index in [-0.39, 0.29) is 0 Å². The van der Waals surface area contributed by atoms with Crippen molar-refractivity contribution in [2.24, 2.45) is 0 Å². The molecule has 4 nitrogen and oxygen atoms in total. The lowest BCUT2D eigenvalue weighted by atomic mass is 10.1. The lowest BCUT2D eigenvalue weighted by Gasteiger charge is -2.24. The summed E-state index contributed by atoms with van der Waals surface area (Å²) >= 11 is 0. The van der Waals surface area contributed by atoms with E-state index in [1.165, 1.54) is 16.8 Å². The lowest BCUT2D eigenvalue weighted by Crippen LogP contribution is -2.22. The smallest absolute Gasteiger partial charge is 0.0537 e. The molecule has 0 spiro atoms. The van der Waals surface area contributed by atoms with E-state index in [9.17, 15) is 0 Å². The zero-order valence-corrected chi connectivity index (χ0v) is 12.9. The Morgan fingerprint density at radius 2 is 2.15 bits per heavy atom. The van der Waals surface area contributed by atoms with Crippen molar-refractivity contribution in [1.29, 1.82) is 0 Å². The fourth-order valence-corrected chi connectivity index (χ4v) is 2.36.